The fourth-order valence-electron chi connectivity index (χ4n) is 2.85. The zero-order valence-electron chi connectivity index (χ0n) is 16.4. The first-order valence-electron chi connectivity index (χ1n) is 8.98. The van der Waals surface area contributed by atoms with Gasteiger partial charge in [-0.2, -0.15) is 0 Å². The van der Waals surface area contributed by atoms with Crippen LogP contribution in [-0.4, -0.2) is 14.3 Å². The molecule has 3 aromatic carbocycles. The number of hydrogen-bond acceptors (Lipinski definition) is 4. The average Bonchev–Trinajstić information content (AvgIpc) is 2.62. The Balaban J connectivity index is 1.70. The maximum absolute atomic E-state index is 12.6. The van der Waals surface area contributed by atoms with Crippen LogP contribution in [0.5, 0.6) is 11.5 Å². The van der Waals surface area contributed by atoms with Crippen LogP contribution in [0, 0.1) is 13.8 Å². The van der Waals surface area contributed by atoms with Gasteiger partial charge in [-0.3, -0.25) is 9.52 Å². The molecule has 0 atom stereocenters. The van der Waals surface area contributed by atoms with E-state index in [-0.39, 0.29) is 10.8 Å². The van der Waals surface area contributed by atoms with E-state index < -0.39 is 10.0 Å². The maximum atomic E-state index is 12.6. The highest BCUT2D eigenvalue weighted by Gasteiger charge is 2.14. The van der Waals surface area contributed by atoms with E-state index in [4.69, 9.17) is 4.74 Å². The van der Waals surface area contributed by atoms with Gasteiger partial charge in [-0.15, -0.1) is 0 Å². The minimum Gasteiger partial charge on any atom is -0.457 e. The molecule has 0 radical (unpaired) electrons. The van der Waals surface area contributed by atoms with Crippen molar-refractivity contribution in [3.05, 3.63) is 77.9 Å². The van der Waals surface area contributed by atoms with Crippen LogP contribution < -0.4 is 14.8 Å². The Kier molecular flexibility index (Phi) is 5.89. The number of carbonyl (C=O) groups excluding carboxylic acids is 1. The first kappa shape index (κ1) is 20.4. The van der Waals surface area contributed by atoms with Gasteiger partial charge >= 0.3 is 0 Å². The summed E-state index contributed by atoms with van der Waals surface area (Å²) in [6, 6.07) is 18.6. The highest BCUT2D eigenvalue weighted by Crippen LogP contribution is 2.26. The first-order chi connectivity index (χ1) is 13.7. The second-order valence-corrected chi connectivity index (χ2v) is 8.44. The van der Waals surface area contributed by atoms with Gasteiger partial charge in [0.05, 0.1) is 4.90 Å². The standard InChI is InChI=1S/C22H22N2O4S/c1-15-12-16(2)14-21(13-15)28-20-8-4-19(5-9-20)24-29(26,27)22-10-6-18(7-11-22)23-17(3)25/h4-14,24H,1-3H3,(H,23,25). The van der Waals surface area contributed by atoms with Crippen molar-refractivity contribution < 1.29 is 17.9 Å². The summed E-state index contributed by atoms with van der Waals surface area (Å²) in [5.41, 5.74) is 3.16. The van der Waals surface area contributed by atoms with Crippen LogP contribution in [0.15, 0.2) is 71.6 Å². The molecule has 0 saturated heterocycles. The molecule has 150 valence electrons. The Bertz CT molecular complexity index is 1100. The molecule has 3 aromatic rings. The van der Waals surface area contributed by atoms with Crippen LogP contribution in [0.2, 0.25) is 0 Å². The molecule has 7 heteroatoms. The fourth-order valence-corrected chi connectivity index (χ4v) is 3.91. The van der Waals surface area contributed by atoms with Crippen LogP contribution in [0.3, 0.4) is 0 Å². The van der Waals surface area contributed by atoms with Crippen LogP contribution in [0.1, 0.15) is 18.1 Å². The van der Waals surface area contributed by atoms with Crippen molar-refractivity contribution >= 4 is 27.3 Å². The summed E-state index contributed by atoms with van der Waals surface area (Å²) >= 11 is 0. The normalized spacial score (nSPS) is 11.0. The van der Waals surface area contributed by atoms with Crippen molar-refractivity contribution in [1.29, 1.82) is 0 Å². The molecular weight excluding hydrogens is 388 g/mol. The molecule has 0 fully saturated rings. The SMILES string of the molecule is CC(=O)Nc1ccc(S(=O)(=O)Nc2ccc(Oc3cc(C)cc(C)c3)cc2)cc1. The number of ether oxygens (including phenoxy) is 1. The molecule has 0 unspecified atom stereocenters. The monoisotopic (exact) mass is 410 g/mol. The quantitative estimate of drug-likeness (QED) is 0.608. The molecule has 0 aliphatic heterocycles. The number of amides is 1. The third kappa shape index (κ3) is 5.58. The topological polar surface area (TPSA) is 84.5 Å². The smallest absolute Gasteiger partial charge is 0.261 e. The van der Waals surface area contributed by atoms with Crippen LogP contribution in [0.25, 0.3) is 0 Å². The summed E-state index contributed by atoms with van der Waals surface area (Å²) in [7, 11) is -3.75. The second-order valence-electron chi connectivity index (χ2n) is 6.76. The summed E-state index contributed by atoms with van der Waals surface area (Å²) in [6.45, 7) is 5.39. The van der Waals surface area contributed by atoms with Gasteiger partial charge in [-0.25, -0.2) is 8.42 Å². The summed E-state index contributed by atoms with van der Waals surface area (Å²) in [5.74, 6) is 1.12. The van der Waals surface area contributed by atoms with E-state index in [0.29, 0.717) is 17.1 Å². The summed E-state index contributed by atoms with van der Waals surface area (Å²) in [4.78, 5) is 11.2. The number of nitrogens with one attached hydrogen (secondary N) is 2. The molecule has 0 saturated carbocycles. The van der Waals surface area contributed by atoms with Gasteiger partial charge in [0.25, 0.3) is 10.0 Å². The zero-order valence-corrected chi connectivity index (χ0v) is 17.2. The van der Waals surface area contributed by atoms with E-state index in [1.807, 2.05) is 26.0 Å². The largest absolute Gasteiger partial charge is 0.457 e. The van der Waals surface area contributed by atoms with Gasteiger partial charge in [0.15, 0.2) is 0 Å². The van der Waals surface area contributed by atoms with Crippen LogP contribution in [-0.2, 0) is 14.8 Å². The van der Waals surface area contributed by atoms with Crippen LogP contribution >= 0.6 is 0 Å². The van der Waals surface area contributed by atoms with Crippen molar-refractivity contribution in [3.63, 3.8) is 0 Å². The van der Waals surface area contributed by atoms with E-state index in [2.05, 4.69) is 16.1 Å². The molecule has 3 rings (SSSR count). The Morgan fingerprint density at radius 2 is 1.34 bits per heavy atom. The molecule has 29 heavy (non-hydrogen) atoms. The van der Waals surface area contributed by atoms with E-state index in [1.54, 1.807) is 24.3 Å². The molecular formula is C22H22N2O4S. The van der Waals surface area contributed by atoms with Crippen molar-refractivity contribution in [1.82, 2.24) is 0 Å². The van der Waals surface area contributed by atoms with E-state index >= 15 is 0 Å². The predicted octanol–water partition coefficient (Wildman–Crippen LogP) is 4.85. The maximum Gasteiger partial charge on any atom is 0.261 e. The molecule has 0 aliphatic carbocycles. The first-order valence-corrected chi connectivity index (χ1v) is 10.5. The Hall–Kier alpha value is -3.32. The lowest BCUT2D eigenvalue weighted by Gasteiger charge is -2.11. The number of hydrogen-bond donors (Lipinski definition) is 2. The van der Waals surface area contributed by atoms with Gasteiger partial charge in [-0.05, 0) is 85.6 Å². The van der Waals surface area contributed by atoms with E-state index in [1.165, 1.54) is 31.2 Å². The predicted molar refractivity (Wildman–Crippen MR) is 114 cm³/mol. The summed E-state index contributed by atoms with van der Waals surface area (Å²) in [6.07, 6.45) is 0. The molecule has 1 amide bonds. The number of carbonyl (C=O) groups is 1. The van der Waals surface area contributed by atoms with Gasteiger partial charge in [0, 0.05) is 18.3 Å². The van der Waals surface area contributed by atoms with Crippen molar-refractivity contribution in [2.75, 3.05) is 10.0 Å². The van der Waals surface area contributed by atoms with E-state index in [0.717, 1.165) is 16.9 Å². The van der Waals surface area contributed by atoms with Crippen molar-refractivity contribution in [2.45, 2.75) is 25.7 Å². The lowest BCUT2D eigenvalue weighted by Crippen LogP contribution is -2.13. The lowest BCUT2D eigenvalue weighted by atomic mass is 10.1. The highest BCUT2D eigenvalue weighted by molar-refractivity contribution is 7.92. The van der Waals surface area contributed by atoms with Crippen molar-refractivity contribution in [3.8, 4) is 11.5 Å². The van der Waals surface area contributed by atoms with Gasteiger partial charge in [0.2, 0.25) is 5.91 Å². The number of anilines is 2. The van der Waals surface area contributed by atoms with E-state index in [9.17, 15) is 13.2 Å². The molecule has 2 N–H and O–H groups in total. The second kappa shape index (κ2) is 8.36. The molecule has 0 aromatic heterocycles. The highest BCUT2D eigenvalue weighted by atomic mass is 32.2. The molecule has 0 aliphatic rings. The van der Waals surface area contributed by atoms with Crippen LogP contribution in [0.4, 0.5) is 11.4 Å². The molecule has 0 bridgehead atoms. The fraction of sp³-hybridized carbons (Fsp3) is 0.136. The molecule has 0 spiro atoms. The number of aryl methyl sites for hydroxylation is 2. The average molecular weight is 410 g/mol. The number of sulfonamides is 1. The molecule has 6 nitrogen and oxygen atoms in total. The third-order valence-corrected chi connectivity index (χ3v) is 5.42. The molecule has 0 heterocycles. The number of benzene rings is 3. The lowest BCUT2D eigenvalue weighted by molar-refractivity contribution is -0.114. The van der Waals surface area contributed by atoms with Gasteiger partial charge < -0.3 is 10.1 Å². The Morgan fingerprint density at radius 1 is 0.793 bits per heavy atom. The minimum atomic E-state index is -3.75. The summed E-state index contributed by atoms with van der Waals surface area (Å²) < 4.78 is 33.5. The Labute approximate surface area is 170 Å². The van der Waals surface area contributed by atoms with Crippen molar-refractivity contribution in [2.24, 2.45) is 0 Å². The summed E-state index contributed by atoms with van der Waals surface area (Å²) in [5, 5.41) is 2.60. The van der Waals surface area contributed by atoms with Gasteiger partial charge in [0.1, 0.15) is 11.5 Å². The minimum absolute atomic E-state index is 0.0992. The third-order valence-electron chi connectivity index (χ3n) is 4.02. The number of rotatable bonds is 6. The Morgan fingerprint density at radius 3 is 1.90 bits per heavy atom. The van der Waals surface area contributed by atoms with Gasteiger partial charge in [-0.1, -0.05) is 6.07 Å². The zero-order chi connectivity index (χ0) is 21.0.